The van der Waals surface area contributed by atoms with Gasteiger partial charge in [-0.3, -0.25) is 4.79 Å². The van der Waals surface area contributed by atoms with Crippen molar-refractivity contribution in [3.05, 3.63) is 29.8 Å². The highest BCUT2D eigenvalue weighted by Gasteiger charge is 2.36. The summed E-state index contributed by atoms with van der Waals surface area (Å²) in [6.07, 6.45) is -0.211. The van der Waals surface area contributed by atoms with Crippen LogP contribution < -0.4 is 4.74 Å². The van der Waals surface area contributed by atoms with Crippen LogP contribution in [0.15, 0.2) is 24.3 Å². The molecule has 1 aromatic rings. The van der Waals surface area contributed by atoms with Crippen LogP contribution in [0.1, 0.15) is 24.9 Å². The predicted molar refractivity (Wildman–Crippen MR) is 79.1 cm³/mol. The van der Waals surface area contributed by atoms with Crippen molar-refractivity contribution in [2.45, 2.75) is 25.5 Å². The van der Waals surface area contributed by atoms with E-state index in [0.717, 1.165) is 11.3 Å². The Labute approximate surface area is 125 Å². The maximum atomic E-state index is 12.2. The summed E-state index contributed by atoms with van der Waals surface area (Å²) in [7, 11) is 3.18. The van der Waals surface area contributed by atoms with E-state index in [2.05, 4.69) is 0 Å². The van der Waals surface area contributed by atoms with Crippen LogP contribution in [-0.4, -0.2) is 49.4 Å². The first kappa shape index (κ1) is 15.8. The van der Waals surface area contributed by atoms with E-state index < -0.39 is 6.10 Å². The first-order chi connectivity index (χ1) is 10.1. The number of amides is 1. The first-order valence-electron chi connectivity index (χ1n) is 7.17. The summed E-state index contributed by atoms with van der Waals surface area (Å²) in [4.78, 5) is 14.0. The van der Waals surface area contributed by atoms with E-state index in [-0.39, 0.29) is 24.5 Å². The minimum atomic E-state index is -0.591. The molecule has 0 spiro atoms. The minimum absolute atomic E-state index is 0.0110. The molecule has 1 aliphatic rings. The van der Waals surface area contributed by atoms with E-state index in [9.17, 15) is 9.90 Å². The van der Waals surface area contributed by atoms with Gasteiger partial charge in [0.05, 0.1) is 25.9 Å². The van der Waals surface area contributed by atoms with Crippen LogP contribution in [0.5, 0.6) is 5.75 Å². The van der Waals surface area contributed by atoms with Gasteiger partial charge in [0.25, 0.3) is 0 Å². The summed E-state index contributed by atoms with van der Waals surface area (Å²) in [5.41, 5.74) is 1.06. The van der Waals surface area contributed by atoms with Crippen molar-refractivity contribution in [1.82, 2.24) is 4.90 Å². The fourth-order valence-electron chi connectivity index (χ4n) is 2.76. The fraction of sp³-hybridized carbons (Fsp3) is 0.562. The lowest BCUT2D eigenvalue weighted by Gasteiger charge is -2.26. The minimum Gasteiger partial charge on any atom is -0.497 e. The highest BCUT2D eigenvalue weighted by Crippen LogP contribution is 2.30. The van der Waals surface area contributed by atoms with Crippen molar-refractivity contribution in [3.63, 3.8) is 0 Å². The molecule has 1 fully saturated rings. The largest absolute Gasteiger partial charge is 0.497 e. The van der Waals surface area contributed by atoms with E-state index in [0.29, 0.717) is 13.0 Å². The van der Waals surface area contributed by atoms with Crippen molar-refractivity contribution in [2.75, 3.05) is 27.4 Å². The fourth-order valence-corrected chi connectivity index (χ4v) is 2.76. The summed E-state index contributed by atoms with van der Waals surface area (Å²) in [6.45, 7) is 2.84. The zero-order chi connectivity index (χ0) is 15.4. The lowest BCUT2D eigenvalue weighted by molar-refractivity contribution is -0.129. The molecule has 1 amide bonds. The number of hydrogen-bond acceptors (Lipinski definition) is 4. The zero-order valence-corrected chi connectivity index (χ0v) is 12.8. The molecular formula is C16H23NO4. The maximum Gasteiger partial charge on any atom is 0.223 e. The third-order valence-corrected chi connectivity index (χ3v) is 4.14. The summed E-state index contributed by atoms with van der Waals surface area (Å²) in [5, 5.41) is 9.98. The van der Waals surface area contributed by atoms with Crippen LogP contribution in [0.2, 0.25) is 0 Å². The van der Waals surface area contributed by atoms with Gasteiger partial charge in [0, 0.05) is 26.0 Å². The van der Waals surface area contributed by atoms with Gasteiger partial charge in [-0.25, -0.2) is 0 Å². The Morgan fingerprint density at radius 3 is 2.57 bits per heavy atom. The van der Waals surface area contributed by atoms with Crippen molar-refractivity contribution in [1.29, 1.82) is 0 Å². The molecule has 0 aromatic heterocycles. The zero-order valence-electron chi connectivity index (χ0n) is 12.8. The number of rotatable bonds is 6. The molecule has 0 unspecified atom stereocenters. The molecule has 0 radical (unpaired) electrons. The molecule has 0 bridgehead atoms. The van der Waals surface area contributed by atoms with Crippen molar-refractivity contribution >= 4 is 5.91 Å². The van der Waals surface area contributed by atoms with Crippen molar-refractivity contribution in [2.24, 2.45) is 5.92 Å². The molecule has 1 aliphatic heterocycles. The normalized spacial score (nSPS) is 21.4. The van der Waals surface area contributed by atoms with Gasteiger partial charge in [-0.2, -0.15) is 0 Å². The third-order valence-electron chi connectivity index (χ3n) is 4.14. The summed E-state index contributed by atoms with van der Waals surface area (Å²) >= 11 is 0. The molecule has 116 valence electrons. The Kier molecular flexibility index (Phi) is 5.20. The monoisotopic (exact) mass is 293 g/mol. The lowest BCUT2D eigenvalue weighted by Crippen LogP contribution is -2.31. The quantitative estimate of drug-likeness (QED) is 0.866. The van der Waals surface area contributed by atoms with Gasteiger partial charge in [0.15, 0.2) is 0 Å². The molecule has 1 N–H and O–H groups in total. The standard InChI is InChI=1S/C16H23NO4/c1-11(12-4-6-14(21-3)7-5-12)17-9-13(8-16(17)19)15(18)10-20-2/h4-7,11,13,15,18H,8-10H2,1-3H3/t11-,13-,15+/m1/s1. The Morgan fingerprint density at radius 2 is 2.00 bits per heavy atom. The van der Waals surface area contributed by atoms with Crippen molar-refractivity contribution < 1.29 is 19.4 Å². The third kappa shape index (κ3) is 3.54. The number of ether oxygens (including phenoxy) is 2. The van der Waals surface area contributed by atoms with Crippen LogP contribution in [-0.2, 0) is 9.53 Å². The molecule has 21 heavy (non-hydrogen) atoms. The lowest BCUT2D eigenvalue weighted by atomic mass is 10.0. The number of hydrogen-bond donors (Lipinski definition) is 1. The number of aliphatic hydroxyl groups excluding tert-OH is 1. The van der Waals surface area contributed by atoms with Gasteiger partial charge in [0.1, 0.15) is 5.75 Å². The average molecular weight is 293 g/mol. The van der Waals surface area contributed by atoms with E-state index in [4.69, 9.17) is 9.47 Å². The number of benzene rings is 1. The van der Waals surface area contributed by atoms with Crippen LogP contribution in [0.3, 0.4) is 0 Å². The SMILES string of the molecule is COC[C@H](O)[C@@H]1CC(=O)N([C@H](C)c2ccc(OC)cc2)C1. The molecule has 1 heterocycles. The van der Waals surface area contributed by atoms with Crippen LogP contribution in [0.25, 0.3) is 0 Å². The first-order valence-corrected chi connectivity index (χ1v) is 7.17. The van der Waals surface area contributed by atoms with Gasteiger partial charge in [0.2, 0.25) is 5.91 Å². The molecule has 5 nitrogen and oxygen atoms in total. The Morgan fingerprint density at radius 1 is 1.33 bits per heavy atom. The molecule has 2 rings (SSSR count). The molecule has 3 atom stereocenters. The average Bonchev–Trinajstić information content (AvgIpc) is 2.89. The van der Waals surface area contributed by atoms with E-state index in [1.54, 1.807) is 14.2 Å². The smallest absolute Gasteiger partial charge is 0.223 e. The molecule has 1 saturated heterocycles. The van der Waals surface area contributed by atoms with Crippen molar-refractivity contribution in [3.8, 4) is 5.75 Å². The number of aliphatic hydroxyl groups is 1. The summed E-state index contributed by atoms with van der Waals surface area (Å²) < 4.78 is 10.1. The van der Waals surface area contributed by atoms with Gasteiger partial charge in [-0.15, -0.1) is 0 Å². The second-order valence-corrected chi connectivity index (χ2v) is 5.48. The van der Waals surface area contributed by atoms with Gasteiger partial charge >= 0.3 is 0 Å². The van der Waals surface area contributed by atoms with Gasteiger partial charge in [-0.1, -0.05) is 12.1 Å². The number of nitrogens with zero attached hydrogens (tertiary/aromatic N) is 1. The van der Waals surface area contributed by atoms with Crippen LogP contribution in [0.4, 0.5) is 0 Å². The van der Waals surface area contributed by atoms with E-state index in [1.165, 1.54) is 0 Å². The number of carbonyl (C=O) groups excluding carboxylic acids is 1. The predicted octanol–water partition coefficient (Wildman–Crippen LogP) is 1.61. The number of methoxy groups -OCH3 is 2. The van der Waals surface area contributed by atoms with Crippen LogP contribution >= 0.6 is 0 Å². The summed E-state index contributed by atoms with van der Waals surface area (Å²) in [6, 6.07) is 7.71. The maximum absolute atomic E-state index is 12.2. The van der Waals surface area contributed by atoms with Gasteiger partial charge in [-0.05, 0) is 24.6 Å². The summed E-state index contributed by atoms with van der Waals surface area (Å²) in [5.74, 6) is 0.823. The highest BCUT2D eigenvalue weighted by molar-refractivity contribution is 5.79. The van der Waals surface area contributed by atoms with E-state index in [1.807, 2.05) is 36.1 Å². The molecule has 5 heteroatoms. The molecule has 0 aliphatic carbocycles. The highest BCUT2D eigenvalue weighted by atomic mass is 16.5. The topological polar surface area (TPSA) is 59.0 Å². The second kappa shape index (κ2) is 6.91. The van der Waals surface area contributed by atoms with Crippen LogP contribution in [0, 0.1) is 5.92 Å². The number of carbonyl (C=O) groups is 1. The molecule has 1 aromatic carbocycles. The Bertz CT molecular complexity index is 474. The number of likely N-dealkylation sites (tertiary alicyclic amines) is 1. The van der Waals surface area contributed by atoms with Gasteiger partial charge < -0.3 is 19.5 Å². The Hall–Kier alpha value is -1.59. The van der Waals surface area contributed by atoms with E-state index >= 15 is 0 Å². The Balaban J connectivity index is 2.04. The molecule has 0 saturated carbocycles. The second-order valence-electron chi connectivity index (χ2n) is 5.48. The molecular weight excluding hydrogens is 270 g/mol.